The first-order valence-corrected chi connectivity index (χ1v) is 8.43. The number of benzene rings is 2. The lowest BCUT2D eigenvalue weighted by Gasteiger charge is -2.17. The van der Waals surface area contributed by atoms with E-state index in [1.54, 1.807) is 18.2 Å². The van der Waals surface area contributed by atoms with E-state index in [9.17, 15) is 4.79 Å². The van der Waals surface area contributed by atoms with Gasteiger partial charge in [-0.3, -0.25) is 4.79 Å². The Labute approximate surface area is 145 Å². The summed E-state index contributed by atoms with van der Waals surface area (Å²) in [6.45, 7) is 4.71. The Morgan fingerprint density at radius 2 is 1.96 bits per heavy atom. The van der Waals surface area contributed by atoms with Crippen molar-refractivity contribution >= 4 is 22.5 Å². The minimum Gasteiger partial charge on any atom is -0.309 e. The first kappa shape index (κ1) is 16.7. The van der Waals surface area contributed by atoms with Gasteiger partial charge in [0.25, 0.3) is 5.56 Å². The summed E-state index contributed by atoms with van der Waals surface area (Å²) in [5.74, 6) is 0.625. The Kier molecular flexibility index (Phi) is 4.97. The Morgan fingerprint density at radius 1 is 1.21 bits per heavy atom. The summed E-state index contributed by atoms with van der Waals surface area (Å²) >= 11 is 5.94. The van der Waals surface area contributed by atoms with Crippen molar-refractivity contribution in [3.63, 3.8) is 0 Å². The number of H-pyrrole nitrogens is 1. The molecule has 4 nitrogen and oxygen atoms in total. The zero-order valence-corrected chi connectivity index (χ0v) is 14.5. The summed E-state index contributed by atoms with van der Waals surface area (Å²) in [5, 5.41) is 4.51. The molecule has 0 amide bonds. The zero-order valence-electron chi connectivity index (χ0n) is 13.8. The molecule has 24 heavy (non-hydrogen) atoms. The van der Waals surface area contributed by atoms with Crippen LogP contribution in [-0.4, -0.2) is 9.97 Å². The smallest absolute Gasteiger partial charge is 0.258 e. The van der Waals surface area contributed by atoms with E-state index in [1.807, 2.05) is 0 Å². The molecule has 0 aliphatic rings. The Hall–Kier alpha value is -2.17. The Bertz CT molecular complexity index is 903. The molecule has 3 aromatic rings. The lowest BCUT2D eigenvalue weighted by atomic mass is 10.0. The summed E-state index contributed by atoms with van der Waals surface area (Å²) in [7, 11) is 0. The van der Waals surface area contributed by atoms with Crippen LogP contribution in [0.25, 0.3) is 10.9 Å². The van der Waals surface area contributed by atoms with Crippen LogP contribution < -0.4 is 10.9 Å². The van der Waals surface area contributed by atoms with Crippen molar-refractivity contribution in [2.45, 2.75) is 32.9 Å². The molecule has 0 aliphatic heterocycles. The van der Waals surface area contributed by atoms with Crippen molar-refractivity contribution < 1.29 is 0 Å². The fourth-order valence-corrected chi connectivity index (χ4v) is 2.93. The number of fused-ring (bicyclic) bond motifs is 1. The highest BCUT2D eigenvalue weighted by Gasteiger charge is 2.10. The van der Waals surface area contributed by atoms with Gasteiger partial charge in [0.2, 0.25) is 0 Å². The van der Waals surface area contributed by atoms with Crippen molar-refractivity contribution in [2.75, 3.05) is 0 Å². The highest BCUT2D eigenvalue weighted by Crippen LogP contribution is 2.18. The highest BCUT2D eigenvalue weighted by atomic mass is 35.5. The van der Waals surface area contributed by atoms with E-state index in [4.69, 9.17) is 11.6 Å². The number of aryl methyl sites for hydroxylation is 1. The molecule has 1 aromatic heterocycles. The molecular formula is C19H20ClN3O. The molecule has 0 bridgehead atoms. The number of nitrogens with one attached hydrogen (secondary N) is 2. The molecule has 0 spiro atoms. The van der Waals surface area contributed by atoms with Gasteiger partial charge in [0.05, 0.1) is 17.4 Å². The van der Waals surface area contributed by atoms with Gasteiger partial charge < -0.3 is 10.3 Å². The van der Waals surface area contributed by atoms with Crippen LogP contribution in [-0.2, 0) is 6.54 Å². The van der Waals surface area contributed by atoms with Gasteiger partial charge in [-0.2, -0.15) is 0 Å². The minimum absolute atomic E-state index is 0.164. The number of rotatable bonds is 5. The predicted octanol–water partition coefficient (Wildman–Crippen LogP) is 4.13. The topological polar surface area (TPSA) is 57.8 Å². The minimum atomic E-state index is -0.164. The van der Waals surface area contributed by atoms with Crippen molar-refractivity contribution in [2.24, 2.45) is 0 Å². The van der Waals surface area contributed by atoms with Gasteiger partial charge in [-0.05, 0) is 37.1 Å². The standard InChI is InChI=1S/C19H20ClN3O/c1-3-16(13-6-4-12(2)5-7-13)21-11-18-22-17-9-8-14(20)10-15(17)19(24)23-18/h4-10,16,21H,3,11H2,1-2H3,(H,22,23,24)/t16-/m1/s1. The fourth-order valence-electron chi connectivity index (χ4n) is 2.76. The predicted molar refractivity (Wildman–Crippen MR) is 98.4 cm³/mol. The van der Waals surface area contributed by atoms with Crippen molar-refractivity contribution in [1.82, 2.24) is 15.3 Å². The number of nitrogens with zero attached hydrogens (tertiary/aromatic N) is 1. The number of aromatic nitrogens is 2. The van der Waals surface area contributed by atoms with E-state index in [1.165, 1.54) is 11.1 Å². The molecular weight excluding hydrogens is 322 g/mol. The molecule has 0 fully saturated rings. The summed E-state index contributed by atoms with van der Waals surface area (Å²) in [6.07, 6.45) is 0.955. The number of hydrogen-bond donors (Lipinski definition) is 2. The van der Waals surface area contributed by atoms with Crippen LogP contribution in [0.15, 0.2) is 47.3 Å². The number of aromatic amines is 1. The van der Waals surface area contributed by atoms with Gasteiger partial charge >= 0.3 is 0 Å². The maximum absolute atomic E-state index is 12.2. The lowest BCUT2D eigenvalue weighted by Crippen LogP contribution is -2.23. The molecule has 0 unspecified atom stereocenters. The van der Waals surface area contributed by atoms with Gasteiger partial charge in [-0.15, -0.1) is 0 Å². The zero-order chi connectivity index (χ0) is 17.1. The molecule has 5 heteroatoms. The van der Waals surface area contributed by atoms with Crippen molar-refractivity contribution in [3.8, 4) is 0 Å². The van der Waals surface area contributed by atoms with Gasteiger partial charge in [0.15, 0.2) is 0 Å². The van der Waals surface area contributed by atoms with Crippen LogP contribution in [0, 0.1) is 6.92 Å². The maximum Gasteiger partial charge on any atom is 0.258 e. The first-order valence-electron chi connectivity index (χ1n) is 8.05. The first-order chi connectivity index (χ1) is 11.6. The van der Waals surface area contributed by atoms with E-state index in [0.29, 0.717) is 28.3 Å². The molecule has 2 aromatic carbocycles. The lowest BCUT2D eigenvalue weighted by molar-refractivity contribution is 0.508. The molecule has 0 saturated heterocycles. The van der Waals surface area contributed by atoms with Crippen molar-refractivity contribution in [3.05, 3.63) is 74.8 Å². The van der Waals surface area contributed by atoms with Gasteiger partial charge in [-0.1, -0.05) is 48.4 Å². The largest absolute Gasteiger partial charge is 0.309 e. The average Bonchev–Trinajstić information content (AvgIpc) is 2.57. The average molecular weight is 342 g/mol. The maximum atomic E-state index is 12.2. The van der Waals surface area contributed by atoms with Gasteiger partial charge in [0, 0.05) is 11.1 Å². The van der Waals surface area contributed by atoms with Crippen LogP contribution in [0.1, 0.15) is 36.3 Å². The molecule has 1 heterocycles. The van der Waals surface area contributed by atoms with Crippen LogP contribution in [0.2, 0.25) is 5.02 Å². The molecule has 0 aliphatic carbocycles. The number of hydrogen-bond acceptors (Lipinski definition) is 3. The second-order valence-electron chi connectivity index (χ2n) is 5.93. The summed E-state index contributed by atoms with van der Waals surface area (Å²) in [5.41, 5.74) is 2.97. The van der Waals surface area contributed by atoms with Crippen molar-refractivity contribution in [1.29, 1.82) is 0 Å². The quantitative estimate of drug-likeness (QED) is 0.733. The van der Waals surface area contributed by atoms with Gasteiger partial charge in [-0.25, -0.2) is 4.98 Å². The molecule has 124 valence electrons. The second kappa shape index (κ2) is 7.16. The van der Waals surface area contributed by atoms with E-state index in [-0.39, 0.29) is 11.6 Å². The third-order valence-electron chi connectivity index (χ3n) is 4.12. The fraction of sp³-hybridized carbons (Fsp3) is 0.263. The summed E-state index contributed by atoms with van der Waals surface area (Å²) in [6, 6.07) is 13.9. The van der Waals surface area contributed by atoms with Crippen LogP contribution in [0.4, 0.5) is 0 Å². The van der Waals surface area contributed by atoms with Gasteiger partial charge in [0.1, 0.15) is 5.82 Å². The summed E-state index contributed by atoms with van der Waals surface area (Å²) in [4.78, 5) is 19.5. The third-order valence-corrected chi connectivity index (χ3v) is 4.36. The molecule has 1 atom stereocenters. The van der Waals surface area contributed by atoms with Crippen LogP contribution in [0.5, 0.6) is 0 Å². The molecule has 3 rings (SSSR count). The Morgan fingerprint density at radius 3 is 2.67 bits per heavy atom. The van der Waals surface area contributed by atoms with E-state index < -0.39 is 0 Å². The van der Waals surface area contributed by atoms with E-state index in [0.717, 1.165) is 6.42 Å². The summed E-state index contributed by atoms with van der Waals surface area (Å²) < 4.78 is 0. The molecule has 0 saturated carbocycles. The monoisotopic (exact) mass is 341 g/mol. The van der Waals surface area contributed by atoms with Crippen LogP contribution >= 0.6 is 11.6 Å². The SMILES string of the molecule is CC[C@@H](NCc1nc2ccc(Cl)cc2c(=O)[nH]1)c1ccc(C)cc1. The van der Waals surface area contributed by atoms with Crippen LogP contribution in [0.3, 0.4) is 0 Å². The van der Waals surface area contributed by atoms with E-state index in [2.05, 4.69) is 53.4 Å². The molecule has 0 radical (unpaired) electrons. The third kappa shape index (κ3) is 3.66. The highest BCUT2D eigenvalue weighted by molar-refractivity contribution is 6.31. The molecule has 2 N–H and O–H groups in total. The van der Waals surface area contributed by atoms with E-state index >= 15 is 0 Å². The number of halogens is 1. The normalized spacial score (nSPS) is 12.5. The second-order valence-corrected chi connectivity index (χ2v) is 6.36. The Balaban J connectivity index is 1.80.